The number of nitrogens with two attached hydrogens (primary N) is 1. The average Bonchev–Trinajstić information content (AvgIpc) is 3.28. The topological polar surface area (TPSA) is 58.7 Å². The lowest BCUT2D eigenvalue weighted by molar-refractivity contribution is 0.0684. The van der Waals surface area contributed by atoms with Crippen molar-refractivity contribution in [2.75, 3.05) is 26.2 Å². The van der Waals surface area contributed by atoms with Gasteiger partial charge in [-0.15, -0.1) is 0 Å². The number of hydrogen-bond donors (Lipinski definition) is 2. The molecule has 1 aromatic carbocycles. The van der Waals surface area contributed by atoms with Crippen LogP contribution in [-0.2, 0) is 0 Å². The van der Waals surface area contributed by atoms with Crippen molar-refractivity contribution in [2.45, 2.75) is 25.9 Å². The Morgan fingerprint density at radius 3 is 2.90 bits per heavy atom. The number of thiocarbonyl (C=S) groups is 1. The maximum absolute atomic E-state index is 10.1. The highest BCUT2D eigenvalue weighted by Crippen LogP contribution is 2.29. The van der Waals surface area contributed by atoms with Gasteiger partial charge in [-0.05, 0) is 37.4 Å². The molecule has 0 amide bonds. The maximum Gasteiger partial charge on any atom is 0.120 e. The molecule has 0 spiro atoms. The number of aliphatic hydroxyl groups is 1. The summed E-state index contributed by atoms with van der Waals surface area (Å²) in [5.41, 5.74) is 6.37. The molecule has 0 saturated heterocycles. The highest BCUT2D eigenvalue weighted by atomic mass is 32.1. The second-order valence-electron chi connectivity index (χ2n) is 5.65. The average molecular weight is 308 g/mol. The van der Waals surface area contributed by atoms with E-state index in [2.05, 4.69) is 11.8 Å². The summed E-state index contributed by atoms with van der Waals surface area (Å²) in [4.78, 5) is 2.64. The van der Waals surface area contributed by atoms with Gasteiger partial charge in [0.25, 0.3) is 0 Å². The van der Waals surface area contributed by atoms with Gasteiger partial charge in [-0.25, -0.2) is 0 Å². The molecule has 0 aromatic heterocycles. The smallest absolute Gasteiger partial charge is 0.120 e. The van der Waals surface area contributed by atoms with Crippen molar-refractivity contribution in [2.24, 2.45) is 11.7 Å². The van der Waals surface area contributed by atoms with E-state index in [1.165, 1.54) is 12.8 Å². The third-order valence-electron chi connectivity index (χ3n) is 3.69. The van der Waals surface area contributed by atoms with Crippen LogP contribution in [0.4, 0.5) is 0 Å². The van der Waals surface area contributed by atoms with E-state index in [0.717, 1.165) is 24.6 Å². The molecule has 116 valence electrons. The van der Waals surface area contributed by atoms with Gasteiger partial charge >= 0.3 is 0 Å². The van der Waals surface area contributed by atoms with Crippen molar-refractivity contribution in [1.29, 1.82) is 0 Å². The SMILES string of the molecule is CCN(CC(O)COc1cccc(C(N)=S)c1)CC1CC1. The Bertz CT molecular complexity index is 477. The van der Waals surface area contributed by atoms with Gasteiger partial charge in [-0.2, -0.15) is 0 Å². The van der Waals surface area contributed by atoms with Crippen molar-refractivity contribution in [3.8, 4) is 5.75 Å². The van der Waals surface area contributed by atoms with E-state index in [4.69, 9.17) is 22.7 Å². The molecule has 1 aliphatic rings. The molecule has 0 radical (unpaired) electrons. The van der Waals surface area contributed by atoms with E-state index in [1.807, 2.05) is 18.2 Å². The molecule has 1 saturated carbocycles. The first kappa shape index (κ1) is 16.2. The first-order valence-corrected chi connectivity index (χ1v) is 7.92. The Morgan fingerprint density at radius 2 is 2.29 bits per heavy atom. The van der Waals surface area contributed by atoms with Gasteiger partial charge in [-0.3, -0.25) is 0 Å². The Kier molecular flexibility index (Phi) is 5.96. The fraction of sp³-hybridized carbons (Fsp3) is 0.562. The fourth-order valence-electron chi connectivity index (χ4n) is 2.28. The lowest BCUT2D eigenvalue weighted by Gasteiger charge is -2.23. The van der Waals surface area contributed by atoms with Crippen LogP contribution in [0.2, 0.25) is 0 Å². The highest BCUT2D eigenvalue weighted by Gasteiger charge is 2.24. The molecule has 21 heavy (non-hydrogen) atoms. The highest BCUT2D eigenvalue weighted by molar-refractivity contribution is 7.80. The van der Waals surface area contributed by atoms with Crippen LogP contribution < -0.4 is 10.5 Å². The number of aliphatic hydroxyl groups excluding tert-OH is 1. The van der Waals surface area contributed by atoms with Gasteiger partial charge in [0.05, 0.1) is 0 Å². The summed E-state index contributed by atoms with van der Waals surface area (Å²) in [6.45, 7) is 5.11. The second kappa shape index (κ2) is 7.73. The van der Waals surface area contributed by atoms with Crippen molar-refractivity contribution < 1.29 is 9.84 Å². The quantitative estimate of drug-likeness (QED) is 0.681. The molecule has 1 unspecified atom stereocenters. The molecule has 5 heteroatoms. The van der Waals surface area contributed by atoms with Crippen LogP contribution in [-0.4, -0.2) is 47.3 Å². The molecule has 2 rings (SSSR count). The number of likely N-dealkylation sites (N-methyl/N-ethyl adjacent to an activating group) is 1. The summed E-state index contributed by atoms with van der Waals surface area (Å²) in [5, 5.41) is 10.1. The summed E-state index contributed by atoms with van der Waals surface area (Å²) >= 11 is 4.94. The van der Waals surface area contributed by atoms with Crippen molar-refractivity contribution >= 4 is 17.2 Å². The van der Waals surface area contributed by atoms with E-state index in [1.54, 1.807) is 6.07 Å². The van der Waals surface area contributed by atoms with E-state index in [-0.39, 0.29) is 6.61 Å². The summed E-state index contributed by atoms with van der Waals surface area (Å²) < 4.78 is 5.63. The zero-order valence-electron chi connectivity index (χ0n) is 12.5. The molecule has 4 nitrogen and oxygen atoms in total. The van der Waals surface area contributed by atoms with E-state index >= 15 is 0 Å². The molecule has 1 fully saturated rings. The summed E-state index contributed by atoms with van der Waals surface area (Å²) in [5.74, 6) is 1.52. The van der Waals surface area contributed by atoms with Gasteiger partial charge in [0, 0.05) is 18.7 Å². The minimum Gasteiger partial charge on any atom is -0.491 e. The van der Waals surface area contributed by atoms with E-state index in [0.29, 0.717) is 17.3 Å². The van der Waals surface area contributed by atoms with Crippen LogP contribution in [0.15, 0.2) is 24.3 Å². The van der Waals surface area contributed by atoms with Crippen LogP contribution in [0.25, 0.3) is 0 Å². The fourth-order valence-corrected chi connectivity index (χ4v) is 2.41. The largest absolute Gasteiger partial charge is 0.491 e. The molecular formula is C16H24N2O2S. The van der Waals surface area contributed by atoms with Crippen LogP contribution in [0.1, 0.15) is 25.3 Å². The normalized spacial score (nSPS) is 16.0. The summed E-state index contributed by atoms with van der Waals surface area (Å²) in [6.07, 6.45) is 2.17. The number of ether oxygens (including phenoxy) is 1. The van der Waals surface area contributed by atoms with Gasteiger partial charge in [0.1, 0.15) is 23.4 Å². The molecule has 1 atom stereocenters. The molecular weight excluding hydrogens is 284 g/mol. The number of benzene rings is 1. The lowest BCUT2D eigenvalue weighted by Crippen LogP contribution is -2.36. The molecule has 3 N–H and O–H groups in total. The molecule has 0 bridgehead atoms. The van der Waals surface area contributed by atoms with Gasteiger partial charge < -0.3 is 20.5 Å². The zero-order valence-corrected chi connectivity index (χ0v) is 13.3. The Labute approximate surface area is 131 Å². The Hall–Kier alpha value is -1.17. The Morgan fingerprint density at radius 1 is 1.52 bits per heavy atom. The predicted molar refractivity (Wildman–Crippen MR) is 88.7 cm³/mol. The second-order valence-corrected chi connectivity index (χ2v) is 6.09. The van der Waals surface area contributed by atoms with Gasteiger partial charge in [0.2, 0.25) is 0 Å². The van der Waals surface area contributed by atoms with Gasteiger partial charge in [-0.1, -0.05) is 31.3 Å². The van der Waals surface area contributed by atoms with Crippen LogP contribution >= 0.6 is 12.2 Å². The lowest BCUT2D eigenvalue weighted by atomic mass is 10.2. The van der Waals surface area contributed by atoms with E-state index in [9.17, 15) is 5.11 Å². The third kappa shape index (κ3) is 5.61. The summed E-state index contributed by atoms with van der Waals surface area (Å²) in [6, 6.07) is 7.34. The van der Waals surface area contributed by atoms with E-state index < -0.39 is 6.10 Å². The zero-order chi connectivity index (χ0) is 15.2. The monoisotopic (exact) mass is 308 g/mol. The summed E-state index contributed by atoms with van der Waals surface area (Å²) in [7, 11) is 0. The van der Waals surface area contributed by atoms with Crippen molar-refractivity contribution in [3.63, 3.8) is 0 Å². The molecule has 0 heterocycles. The Balaban J connectivity index is 1.78. The molecule has 1 aromatic rings. The van der Waals surface area contributed by atoms with Gasteiger partial charge in [0.15, 0.2) is 0 Å². The maximum atomic E-state index is 10.1. The van der Waals surface area contributed by atoms with Crippen molar-refractivity contribution in [3.05, 3.63) is 29.8 Å². The van der Waals surface area contributed by atoms with Crippen LogP contribution in [0.5, 0.6) is 5.75 Å². The number of nitrogens with zero attached hydrogens (tertiary/aromatic N) is 1. The first-order chi connectivity index (χ1) is 10.1. The standard InChI is InChI=1S/C16H24N2O2S/c1-2-18(9-12-6-7-12)10-14(19)11-20-15-5-3-4-13(8-15)16(17)21/h3-5,8,12,14,19H,2,6-7,9-11H2,1H3,(H2,17,21). The third-order valence-corrected chi connectivity index (χ3v) is 3.93. The van der Waals surface area contributed by atoms with Crippen LogP contribution in [0, 0.1) is 5.92 Å². The first-order valence-electron chi connectivity index (χ1n) is 7.51. The predicted octanol–water partition coefficient (Wildman–Crippen LogP) is 1.79. The molecule has 1 aliphatic carbocycles. The minimum absolute atomic E-state index is 0.280. The molecule has 0 aliphatic heterocycles. The number of hydrogen-bond acceptors (Lipinski definition) is 4. The number of rotatable bonds is 9. The van der Waals surface area contributed by atoms with Crippen molar-refractivity contribution in [1.82, 2.24) is 4.90 Å². The minimum atomic E-state index is -0.489. The van der Waals surface area contributed by atoms with Crippen LogP contribution in [0.3, 0.4) is 0 Å².